The quantitative estimate of drug-likeness (QED) is 0.478. The van der Waals surface area contributed by atoms with E-state index in [9.17, 15) is 22.4 Å². The molecule has 0 saturated heterocycles. The Kier molecular flexibility index (Phi) is 3.09. The van der Waals surface area contributed by atoms with E-state index < -0.39 is 40.2 Å². The van der Waals surface area contributed by atoms with Gasteiger partial charge in [0, 0.05) is 0 Å². The van der Waals surface area contributed by atoms with Gasteiger partial charge in [-0.05, 0) is 12.1 Å². The minimum atomic E-state index is -1.82. The second-order valence-corrected chi connectivity index (χ2v) is 3.44. The van der Waals surface area contributed by atoms with Crippen LogP contribution in [0.4, 0.5) is 17.6 Å². The van der Waals surface area contributed by atoms with Crippen molar-refractivity contribution in [3.8, 4) is 17.4 Å². The van der Waals surface area contributed by atoms with Crippen molar-refractivity contribution in [3.63, 3.8) is 0 Å². The Bertz CT molecular complexity index is 686. The Morgan fingerprint density at radius 2 is 1.63 bits per heavy atom. The van der Waals surface area contributed by atoms with E-state index >= 15 is 0 Å². The van der Waals surface area contributed by atoms with Crippen molar-refractivity contribution >= 4 is 6.29 Å². The van der Waals surface area contributed by atoms with Gasteiger partial charge in [0.1, 0.15) is 17.4 Å². The number of halogens is 4. The van der Waals surface area contributed by atoms with Gasteiger partial charge < -0.3 is 4.42 Å². The average Bonchev–Trinajstić information content (AvgIpc) is 2.86. The number of furan rings is 1. The van der Waals surface area contributed by atoms with E-state index in [0.717, 1.165) is 18.2 Å². The Morgan fingerprint density at radius 1 is 1.05 bits per heavy atom. The van der Waals surface area contributed by atoms with E-state index in [-0.39, 0.29) is 12.0 Å². The molecule has 0 fully saturated rings. The highest BCUT2D eigenvalue weighted by Crippen LogP contribution is 2.32. The molecule has 0 unspecified atom stereocenters. The number of carbonyl (C=O) groups is 1. The molecule has 0 amide bonds. The Labute approximate surface area is 103 Å². The zero-order valence-corrected chi connectivity index (χ0v) is 9.01. The van der Waals surface area contributed by atoms with Gasteiger partial charge in [-0.3, -0.25) is 4.79 Å². The van der Waals surface area contributed by atoms with Crippen LogP contribution in [-0.2, 0) is 0 Å². The van der Waals surface area contributed by atoms with Crippen LogP contribution >= 0.6 is 0 Å². The summed E-state index contributed by atoms with van der Waals surface area (Å²) in [6.45, 7) is 0. The topological polar surface area (TPSA) is 54.0 Å². The normalized spacial score (nSPS) is 10.3. The number of rotatable bonds is 2. The maximum atomic E-state index is 13.6. The van der Waals surface area contributed by atoms with Crippen molar-refractivity contribution in [1.29, 1.82) is 5.26 Å². The molecule has 7 heteroatoms. The Balaban J connectivity index is 2.78. The summed E-state index contributed by atoms with van der Waals surface area (Å²) in [6, 6.07) is 3.08. The van der Waals surface area contributed by atoms with Crippen LogP contribution in [0.3, 0.4) is 0 Å². The van der Waals surface area contributed by atoms with Crippen LogP contribution in [0.15, 0.2) is 16.5 Å². The van der Waals surface area contributed by atoms with Crippen LogP contribution in [0.1, 0.15) is 16.1 Å². The second-order valence-electron chi connectivity index (χ2n) is 3.44. The summed E-state index contributed by atoms with van der Waals surface area (Å²) >= 11 is 0. The lowest BCUT2D eigenvalue weighted by Gasteiger charge is -2.06. The van der Waals surface area contributed by atoms with Gasteiger partial charge in [0.15, 0.2) is 35.3 Å². The van der Waals surface area contributed by atoms with E-state index in [4.69, 9.17) is 9.68 Å². The summed E-state index contributed by atoms with van der Waals surface area (Å²) in [5, 5.41) is 8.42. The first-order valence-electron chi connectivity index (χ1n) is 4.82. The fourth-order valence-corrected chi connectivity index (χ4v) is 1.50. The molecular weight excluding hydrogens is 266 g/mol. The van der Waals surface area contributed by atoms with E-state index in [2.05, 4.69) is 0 Å². The van der Waals surface area contributed by atoms with Crippen LogP contribution in [0.25, 0.3) is 11.3 Å². The molecule has 3 nitrogen and oxygen atoms in total. The van der Waals surface area contributed by atoms with Crippen LogP contribution in [0.5, 0.6) is 0 Å². The van der Waals surface area contributed by atoms with E-state index in [1.165, 1.54) is 0 Å². The van der Waals surface area contributed by atoms with Crippen molar-refractivity contribution < 1.29 is 26.8 Å². The molecule has 96 valence electrons. The highest BCUT2D eigenvalue weighted by atomic mass is 19.2. The first kappa shape index (κ1) is 12.8. The van der Waals surface area contributed by atoms with Crippen molar-refractivity contribution in [1.82, 2.24) is 0 Å². The van der Waals surface area contributed by atoms with E-state index in [0.29, 0.717) is 0 Å². The third-order valence-electron chi connectivity index (χ3n) is 2.36. The maximum Gasteiger partial charge on any atom is 0.185 e. The van der Waals surface area contributed by atoms with Gasteiger partial charge in [-0.1, -0.05) is 0 Å². The predicted octanol–water partition coefficient (Wildman–Crippen LogP) is 3.19. The molecule has 0 aliphatic heterocycles. The molecule has 0 saturated carbocycles. The SMILES string of the molecule is N#Cc1c(F)c(F)c(-c2ccc(C=O)o2)c(F)c1F. The van der Waals surface area contributed by atoms with Gasteiger partial charge in [-0.25, -0.2) is 17.6 Å². The molecule has 0 spiro atoms. The molecule has 0 N–H and O–H groups in total. The third-order valence-corrected chi connectivity index (χ3v) is 2.36. The van der Waals surface area contributed by atoms with Gasteiger partial charge in [-0.2, -0.15) is 5.26 Å². The minimum absolute atomic E-state index is 0.260. The number of aldehydes is 1. The van der Waals surface area contributed by atoms with Crippen LogP contribution in [-0.4, -0.2) is 6.29 Å². The first-order valence-corrected chi connectivity index (χ1v) is 4.82. The molecule has 1 heterocycles. The summed E-state index contributed by atoms with van der Waals surface area (Å²) in [5.41, 5.74) is -2.47. The molecule has 0 aliphatic carbocycles. The molecule has 1 aromatic heterocycles. The molecule has 19 heavy (non-hydrogen) atoms. The number of nitrogens with zero attached hydrogens (tertiary/aromatic N) is 1. The maximum absolute atomic E-state index is 13.6. The number of carbonyl (C=O) groups excluding carboxylic acids is 1. The highest BCUT2D eigenvalue weighted by Gasteiger charge is 2.27. The molecule has 0 aliphatic rings. The van der Waals surface area contributed by atoms with E-state index in [1.54, 1.807) is 0 Å². The van der Waals surface area contributed by atoms with E-state index in [1.807, 2.05) is 0 Å². The van der Waals surface area contributed by atoms with Gasteiger partial charge in [0.05, 0.1) is 5.56 Å². The van der Waals surface area contributed by atoms with Crippen molar-refractivity contribution in [2.75, 3.05) is 0 Å². The van der Waals surface area contributed by atoms with Gasteiger partial charge in [-0.15, -0.1) is 0 Å². The summed E-state index contributed by atoms with van der Waals surface area (Å²) in [4.78, 5) is 10.4. The van der Waals surface area contributed by atoms with Crippen molar-refractivity contribution in [3.05, 3.63) is 46.7 Å². The third kappa shape index (κ3) is 1.87. The van der Waals surface area contributed by atoms with Crippen LogP contribution in [0.2, 0.25) is 0 Å². The fourth-order valence-electron chi connectivity index (χ4n) is 1.50. The molecule has 1 aromatic carbocycles. The number of hydrogen-bond donors (Lipinski definition) is 0. The number of nitriles is 1. The lowest BCUT2D eigenvalue weighted by atomic mass is 10.1. The van der Waals surface area contributed by atoms with Crippen molar-refractivity contribution in [2.45, 2.75) is 0 Å². The van der Waals surface area contributed by atoms with Gasteiger partial charge in [0.25, 0.3) is 0 Å². The van der Waals surface area contributed by atoms with Crippen LogP contribution in [0, 0.1) is 34.6 Å². The molecular formula is C12H3F4NO2. The molecule has 2 aromatic rings. The smallest absolute Gasteiger partial charge is 0.185 e. The van der Waals surface area contributed by atoms with Gasteiger partial charge >= 0.3 is 0 Å². The Hall–Kier alpha value is -2.62. The average molecular weight is 269 g/mol. The van der Waals surface area contributed by atoms with Crippen molar-refractivity contribution in [2.24, 2.45) is 0 Å². The summed E-state index contributed by atoms with van der Waals surface area (Å²) in [7, 11) is 0. The Morgan fingerprint density at radius 3 is 2.05 bits per heavy atom. The fraction of sp³-hybridized carbons (Fsp3) is 0. The summed E-state index contributed by atoms with van der Waals surface area (Å²) in [6.07, 6.45) is 0.260. The zero-order valence-electron chi connectivity index (χ0n) is 9.01. The lowest BCUT2D eigenvalue weighted by Crippen LogP contribution is -2.03. The zero-order chi connectivity index (χ0) is 14.2. The molecule has 0 radical (unpaired) electrons. The molecule has 0 bridgehead atoms. The van der Waals surface area contributed by atoms with Crippen LogP contribution < -0.4 is 0 Å². The molecule has 2 rings (SSSR count). The second kappa shape index (κ2) is 4.57. The van der Waals surface area contributed by atoms with Gasteiger partial charge in [0.2, 0.25) is 0 Å². The first-order chi connectivity index (χ1) is 9.01. The molecule has 0 atom stereocenters. The lowest BCUT2D eigenvalue weighted by molar-refractivity contribution is 0.110. The standard InChI is InChI=1S/C12H3F4NO2/c13-9-6(3-17)10(14)12(16)8(11(9)15)7-2-1-5(4-18)19-7/h1-2,4H. The number of hydrogen-bond acceptors (Lipinski definition) is 3. The summed E-state index contributed by atoms with van der Waals surface area (Å²) in [5.74, 6) is -7.98. The largest absolute Gasteiger partial charge is 0.453 e. The predicted molar refractivity (Wildman–Crippen MR) is 54.1 cm³/mol. The highest BCUT2D eigenvalue weighted by molar-refractivity contribution is 5.73. The monoisotopic (exact) mass is 269 g/mol. The summed E-state index contributed by atoms with van der Waals surface area (Å²) < 4.78 is 58.6. The minimum Gasteiger partial charge on any atom is -0.453 e. The number of benzene rings is 1.